The summed E-state index contributed by atoms with van der Waals surface area (Å²) in [5.41, 5.74) is 2.35. The fourth-order valence-electron chi connectivity index (χ4n) is 3.94. The first kappa shape index (κ1) is 18.0. The van der Waals surface area contributed by atoms with Crippen LogP contribution in [0.4, 0.5) is 5.82 Å². The maximum atomic E-state index is 6.30. The van der Waals surface area contributed by atoms with Gasteiger partial charge in [0.05, 0.1) is 5.39 Å². The normalized spacial score (nSPS) is 17.8. The molecule has 136 valence electrons. The predicted molar refractivity (Wildman–Crippen MR) is 113 cm³/mol. The van der Waals surface area contributed by atoms with Crippen molar-refractivity contribution in [3.8, 4) is 11.1 Å². The van der Waals surface area contributed by atoms with Gasteiger partial charge in [-0.2, -0.15) is 4.98 Å². The molecule has 1 aromatic carbocycles. The van der Waals surface area contributed by atoms with Crippen LogP contribution in [0.5, 0.6) is 0 Å². The molecule has 0 aliphatic carbocycles. The molecule has 2 aromatic heterocycles. The van der Waals surface area contributed by atoms with Crippen LogP contribution in [0.3, 0.4) is 0 Å². The Bertz CT molecular complexity index is 936. The number of aryl methyl sites for hydroxylation is 1. The molecule has 0 saturated carbocycles. The van der Waals surface area contributed by atoms with Gasteiger partial charge in [-0.3, -0.25) is 0 Å². The largest absolute Gasteiger partial charge is 0.353 e. The van der Waals surface area contributed by atoms with E-state index < -0.39 is 0 Å². The maximum Gasteiger partial charge on any atom is 0.225 e. The van der Waals surface area contributed by atoms with Crippen LogP contribution in [-0.4, -0.2) is 22.6 Å². The molecule has 0 bridgehead atoms. The Balaban J connectivity index is 1.96. The molecule has 0 amide bonds. The molecule has 0 spiro atoms. The summed E-state index contributed by atoms with van der Waals surface area (Å²) in [7, 11) is 0. The number of piperidine rings is 1. The second-order valence-corrected chi connectivity index (χ2v) is 8.77. The Hall–Kier alpha value is -1.36. The van der Waals surface area contributed by atoms with Crippen LogP contribution in [0, 0.1) is 6.92 Å². The van der Waals surface area contributed by atoms with Gasteiger partial charge in [0.25, 0.3) is 0 Å². The lowest BCUT2D eigenvalue weighted by molar-refractivity contribution is 0.448. The van der Waals surface area contributed by atoms with Crippen LogP contribution in [0.2, 0.25) is 10.3 Å². The molecule has 1 aliphatic heterocycles. The van der Waals surface area contributed by atoms with Crippen molar-refractivity contribution in [2.75, 3.05) is 11.4 Å². The summed E-state index contributed by atoms with van der Waals surface area (Å²) in [6.45, 7) is 5.42. The zero-order chi connectivity index (χ0) is 18.3. The highest BCUT2D eigenvalue weighted by molar-refractivity contribution is 7.19. The molecule has 1 fully saturated rings. The molecule has 0 N–H and O–H groups in total. The average molecular weight is 406 g/mol. The summed E-state index contributed by atoms with van der Waals surface area (Å²) in [6, 6.07) is 8.53. The summed E-state index contributed by atoms with van der Waals surface area (Å²) in [6.07, 6.45) is 4.80. The summed E-state index contributed by atoms with van der Waals surface area (Å²) in [5, 5.41) is 2.20. The number of fused-ring (bicyclic) bond motifs is 1. The Kier molecular flexibility index (Phi) is 5.09. The fourth-order valence-corrected chi connectivity index (χ4v) is 5.32. The van der Waals surface area contributed by atoms with E-state index in [0.29, 0.717) is 11.3 Å². The van der Waals surface area contributed by atoms with Crippen LogP contribution in [-0.2, 0) is 0 Å². The highest BCUT2D eigenvalue weighted by Crippen LogP contribution is 2.43. The minimum atomic E-state index is 0.330. The topological polar surface area (TPSA) is 29.0 Å². The van der Waals surface area contributed by atoms with Gasteiger partial charge < -0.3 is 4.90 Å². The minimum Gasteiger partial charge on any atom is -0.353 e. The number of thiophene rings is 1. The van der Waals surface area contributed by atoms with Crippen molar-refractivity contribution in [1.82, 2.24) is 9.97 Å². The molecule has 0 radical (unpaired) electrons. The number of nitrogens with zero attached hydrogens (tertiary/aromatic N) is 3. The number of halogens is 2. The maximum absolute atomic E-state index is 6.30. The van der Waals surface area contributed by atoms with Gasteiger partial charge in [0, 0.05) is 28.0 Å². The van der Waals surface area contributed by atoms with Gasteiger partial charge >= 0.3 is 0 Å². The van der Waals surface area contributed by atoms with Crippen molar-refractivity contribution in [2.45, 2.75) is 45.6 Å². The molecule has 26 heavy (non-hydrogen) atoms. The molecule has 3 nitrogen and oxygen atoms in total. The van der Waals surface area contributed by atoms with E-state index in [1.807, 2.05) is 12.1 Å². The van der Waals surface area contributed by atoms with Crippen molar-refractivity contribution < 1.29 is 0 Å². The molecule has 4 rings (SSSR count). The molecule has 6 heteroatoms. The van der Waals surface area contributed by atoms with E-state index >= 15 is 0 Å². The number of rotatable bonds is 3. The number of benzene rings is 1. The van der Waals surface area contributed by atoms with E-state index in [1.54, 1.807) is 11.3 Å². The van der Waals surface area contributed by atoms with E-state index in [4.69, 9.17) is 28.2 Å². The van der Waals surface area contributed by atoms with Gasteiger partial charge in [0.15, 0.2) is 0 Å². The Morgan fingerprint density at radius 1 is 1.15 bits per heavy atom. The molecular formula is C20H21Cl2N3S. The lowest BCUT2D eigenvalue weighted by Gasteiger charge is -2.36. The smallest absolute Gasteiger partial charge is 0.225 e. The van der Waals surface area contributed by atoms with E-state index in [-0.39, 0.29) is 0 Å². The molecule has 3 heterocycles. The Labute approximate surface area is 168 Å². The van der Waals surface area contributed by atoms with Gasteiger partial charge in [-0.1, -0.05) is 30.7 Å². The third-order valence-electron chi connectivity index (χ3n) is 5.18. The van der Waals surface area contributed by atoms with Gasteiger partial charge in [0.2, 0.25) is 5.28 Å². The first-order valence-electron chi connectivity index (χ1n) is 9.07. The van der Waals surface area contributed by atoms with Crippen molar-refractivity contribution in [2.24, 2.45) is 0 Å². The Morgan fingerprint density at radius 3 is 2.65 bits per heavy atom. The first-order chi connectivity index (χ1) is 12.6. The molecule has 3 aromatic rings. The predicted octanol–water partition coefficient (Wildman–Crippen LogP) is 6.74. The molecular weight excluding hydrogens is 385 g/mol. The monoisotopic (exact) mass is 405 g/mol. The van der Waals surface area contributed by atoms with Gasteiger partial charge in [-0.15, -0.1) is 11.3 Å². The molecule has 1 saturated heterocycles. The second-order valence-electron chi connectivity index (χ2n) is 6.79. The zero-order valence-electron chi connectivity index (χ0n) is 14.9. The summed E-state index contributed by atoms with van der Waals surface area (Å²) in [5.74, 6) is 0.987. The van der Waals surface area contributed by atoms with Crippen molar-refractivity contribution in [1.29, 1.82) is 0 Å². The molecule has 1 unspecified atom stereocenters. The van der Waals surface area contributed by atoms with E-state index in [1.165, 1.54) is 29.7 Å². The quantitative estimate of drug-likeness (QED) is 0.451. The van der Waals surface area contributed by atoms with Crippen LogP contribution in [0.1, 0.15) is 37.5 Å². The molecule has 1 aliphatic rings. The summed E-state index contributed by atoms with van der Waals surface area (Å²) in [4.78, 5) is 13.9. The second kappa shape index (κ2) is 7.34. The number of anilines is 1. The van der Waals surface area contributed by atoms with Gasteiger partial charge in [-0.25, -0.2) is 4.98 Å². The number of aromatic nitrogens is 2. The number of hydrogen-bond acceptors (Lipinski definition) is 4. The van der Waals surface area contributed by atoms with E-state index in [9.17, 15) is 0 Å². The van der Waals surface area contributed by atoms with Gasteiger partial charge in [0.1, 0.15) is 10.6 Å². The van der Waals surface area contributed by atoms with Crippen molar-refractivity contribution in [3.63, 3.8) is 0 Å². The number of hydrogen-bond donors (Lipinski definition) is 0. The minimum absolute atomic E-state index is 0.330. The highest BCUT2D eigenvalue weighted by Gasteiger charge is 2.27. The third kappa shape index (κ3) is 3.19. The molecule has 1 atom stereocenters. The van der Waals surface area contributed by atoms with Crippen LogP contribution < -0.4 is 4.90 Å². The van der Waals surface area contributed by atoms with Crippen molar-refractivity contribution in [3.05, 3.63) is 39.4 Å². The van der Waals surface area contributed by atoms with Crippen LogP contribution in [0.25, 0.3) is 21.3 Å². The van der Waals surface area contributed by atoms with E-state index in [0.717, 1.165) is 39.6 Å². The van der Waals surface area contributed by atoms with Crippen LogP contribution >= 0.6 is 34.5 Å². The first-order valence-corrected chi connectivity index (χ1v) is 10.6. The SMILES string of the molecule is CCC1CCCCN1c1nc(Cl)nc2sc(C)c(-c3ccc(Cl)cc3)c12. The average Bonchev–Trinajstić information content (AvgIpc) is 2.97. The van der Waals surface area contributed by atoms with E-state index in [2.05, 4.69) is 35.9 Å². The van der Waals surface area contributed by atoms with Gasteiger partial charge in [-0.05, 0) is 61.9 Å². The third-order valence-corrected chi connectivity index (χ3v) is 6.60. The summed E-state index contributed by atoms with van der Waals surface area (Å²) < 4.78 is 0. The van der Waals surface area contributed by atoms with Crippen LogP contribution in [0.15, 0.2) is 24.3 Å². The highest BCUT2D eigenvalue weighted by atomic mass is 35.5. The standard InChI is InChI=1S/C20H21Cl2N3S/c1-3-15-6-4-5-11-25(15)18-17-16(13-7-9-14(21)10-8-13)12(2)26-19(17)24-20(22)23-18/h7-10,15H,3-6,11H2,1-2H3. The zero-order valence-corrected chi connectivity index (χ0v) is 17.3. The Morgan fingerprint density at radius 2 is 1.92 bits per heavy atom. The lowest BCUT2D eigenvalue weighted by Crippen LogP contribution is -2.39. The summed E-state index contributed by atoms with van der Waals surface area (Å²) >= 11 is 14.1. The van der Waals surface area contributed by atoms with Crippen molar-refractivity contribution >= 4 is 50.6 Å². The lowest BCUT2D eigenvalue weighted by atomic mass is 9.98. The fraction of sp³-hybridized carbons (Fsp3) is 0.400.